The minimum Gasteiger partial charge on any atom is -0.332 e. The molecule has 1 rings (SSSR count). The van der Waals surface area contributed by atoms with Gasteiger partial charge in [-0.1, -0.05) is 24.1 Å². The summed E-state index contributed by atoms with van der Waals surface area (Å²) in [6.07, 6.45) is 0. The molecule has 0 bridgehead atoms. The number of benzene rings is 1. The van der Waals surface area contributed by atoms with Gasteiger partial charge in [0.1, 0.15) is 0 Å². The molecule has 0 unspecified atom stereocenters. The van der Waals surface area contributed by atoms with Gasteiger partial charge in [0.15, 0.2) is 0 Å². The van der Waals surface area contributed by atoms with Crippen LogP contribution in [-0.2, 0) is 4.79 Å². The second kappa shape index (κ2) is 7.14. The molecule has 0 aliphatic rings. The van der Waals surface area contributed by atoms with Crippen LogP contribution >= 0.6 is 0 Å². The lowest BCUT2D eigenvalue weighted by molar-refractivity contribution is -0.124. The van der Waals surface area contributed by atoms with E-state index in [1.54, 1.807) is 4.90 Å². The lowest BCUT2D eigenvalue weighted by Crippen LogP contribution is -2.28. The van der Waals surface area contributed by atoms with Gasteiger partial charge in [-0.05, 0) is 37.8 Å². The Morgan fingerprint density at radius 1 is 1.12 bits per heavy atom. The van der Waals surface area contributed by atoms with E-state index in [-0.39, 0.29) is 5.91 Å². The second-order valence-corrected chi connectivity index (χ2v) is 3.34. The van der Waals surface area contributed by atoms with Crippen molar-refractivity contribution in [3.05, 3.63) is 35.9 Å². The normalized spacial score (nSPS) is 8.35. The van der Waals surface area contributed by atoms with E-state index in [1.807, 2.05) is 44.2 Å². The van der Waals surface area contributed by atoms with Crippen LogP contribution in [-0.4, -0.2) is 23.9 Å². The third kappa shape index (κ3) is 4.45. The predicted octanol–water partition coefficient (Wildman–Crippen LogP) is 1.91. The first kappa shape index (κ1) is 12.9. The standard InChI is InChI=1S/C15H15NO/c1-3-16(4-2)15(17)13-9-8-12-14-10-6-5-7-11-14/h5-7,10-11H,3-4H2,1-2H3. The first-order chi connectivity index (χ1) is 8.27. The Labute approximate surface area is 103 Å². The Morgan fingerprint density at radius 2 is 1.76 bits per heavy atom. The van der Waals surface area contributed by atoms with E-state index in [9.17, 15) is 4.79 Å². The van der Waals surface area contributed by atoms with Crippen molar-refractivity contribution in [1.29, 1.82) is 0 Å². The summed E-state index contributed by atoms with van der Waals surface area (Å²) < 4.78 is 0. The molecular weight excluding hydrogens is 210 g/mol. The zero-order chi connectivity index (χ0) is 12.5. The van der Waals surface area contributed by atoms with Gasteiger partial charge in [-0.2, -0.15) is 0 Å². The van der Waals surface area contributed by atoms with Gasteiger partial charge in [0, 0.05) is 24.6 Å². The molecule has 0 fully saturated rings. The van der Waals surface area contributed by atoms with E-state index in [4.69, 9.17) is 0 Å². The Bertz CT molecular complexity index is 478. The van der Waals surface area contributed by atoms with Crippen LogP contribution in [0.4, 0.5) is 0 Å². The van der Waals surface area contributed by atoms with Gasteiger partial charge in [-0.3, -0.25) is 4.79 Å². The van der Waals surface area contributed by atoms with Crippen LogP contribution in [0.2, 0.25) is 0 Å². The van der Waals surface area contributed by atoms with Crippen LogP contribution in [0, 0.1) is 23.7 Å². The first-order valence-electron chi connectivity index (χ1n) is 5.64. The van der Waals surface area contributed by atoms with Crippen LogP contribution in [0.15, 0.2) is 30.3 Å². The van der Waals surface area contributed by atoms with E-state index in [0.717, 1.165) is 5.56 Å². The van der Waals surface area contributed by atoms with E-state index >= 15 is 0 Å². The fourth-order valence-corrected chi connectivity index (χ4v) is 1.30. The molecule has 17 heavy (non-hydrogen) atoms. The van der Waals surface area contributed by atoms with E-state index in [2.05, 4.69) is 23.7 Å². The van der Waals surface area contributed by atoms with Crippen LogP contribution in [0.25, 0.3) is 0 Å². The van der Waals surface area contributed by atoms with E-state index in [0.29, 0.717) is 13.1 Å². The molecule has 1 amide bonds. The average Bonchev–Trinajstić information content (AvgIpc) is 2.37. The average molecular weight is 225 g/mol. The highest BCUT2D eigenvalue weighted by atomic mass is 16.2. The SMILES string of the molecule is CCN(CC)C(=O)C#CC#Cc1ccccc1. The largest absolute Gasteiger partial charge is 0.332 e. The van der Waals surface area contributed by atoms with Crippen molar-refractivity contribution in [1.82, 2.24) is 4.90 Å². The maximum absolute atomic E-state index is 11.5. The molecule has 0 heterocycles. The molecule has 1 aromatic rings. The fourth-order valence-electron chi connectivity index (χ4n) is 1.30. The maximum atomic E-state index is 11.5. The maximum Gasteiger partial charge on any atom is 0.299 e. The third-order valence-corrected chi connectivity index (χ3v) is 2.26. The highest BCUT2D eigenvalue weighted by molar-refractivity contribution is 5.94. The molecule has 0 atom stereocenters. The molecule has 0 aliphatic heterocycles. The summed E-state index contributed by atoms with van der Waals surface area (Å²) >= 11 is 0. The molecule has 0 aromatic heterocycles. The lowest BCUT2D eigenvalue weighted by Gasteiger charge is -2.13. The topological polar surface area (TPSA) is 20.3 Å². The van der Waals surface area contributed by atoms with Crippen LogP contribution in [0.5, 0.6) is 0 Å². The van der Waals surface area contributed by atoms with Crippen molar-refractivity contribution in [3.8, 4) is 23.7 Å². The molecule has 0 saturated carbocycles. The quantitative estimate of drug-likeness (QED) is 0.704. The van der Waals surface area contributed by atoms with Gasteiger partial charge >= 0.3 is 0 Å². The van der Waals surface area contributed by atoms with Crippen molar-refractivity contribution in [2.45, 2.75) is 13.8 Å². The molecule has 0 radical (unpaired) electrons. The number of nitrogens with zero attached hydrogens (tertiary/aromatic N) is 1. The van der Waals surface area contributed by atoms with E-state index in [1.165, 1.54) is 0 Å². The summed E-state index contributed by atoms with van der Waals surface area (Å²) in [4.78, 5) is 13.2. The monoisotopic (exact) mass is 225 g/mol. The van der Waals surface area contributed by atoms with Crippen LogP contribution in [0.3, 0.4) is 0 Å². The van der Waals surface area contributed by atoms with Crippen molar-refractivity contribution in [2.24, 2.45) is 0 Å². The van der Waals surface area contributed by atoms with Crippen molar-refractivity contribution >= 4 is 5.91 Å². The first-order valence-corrected chi connectivity index (χ1v) is 5.64. The Morgan fingerprint density at radius 3 is 2.35 bits per heavy atom. The van der Waals surface area contributed by atoms with Gasteiger partial charge in [-0.15, -0.1) is 0 Å². The second-order valence-electron chi connectivity index (χ2n) is 3.34. The summed E-state index contributed by atoms with van der Waals surface area (Å²) in [6.45, 7) is 5.21. The van der Waals surface area contributed by atoms with Crippen molar-refractivity contribution in [3.63, 3.8) is 0 Å². The molecule has 0 spiro atoms. The number of rotatable bonds is 2. The molecule has 2 heteroatoms. The van der Waals surface area contributed by atoms with Gasteiger partial charge in [-0.25, -0.2) is 0 Å². The summed E-state index contributed by atoms with van der Waals surface area (Å²) in [5.74, 6) is 10.5. The van der Waals surface area contributed by atoms with Crippen LogP contribution < -0.4 is 0 Å². The molecule has 2 nitrogen and oxygen atoms in total. The van der Waals surface area contributed by atoms with Crippen molar-refractivity contribution < 1.29 is 4.79 Å². The van der Waals surface area contributed by atoms with Crippen molar-refractivity contribution in [2.75, 3.05) is 13.1 Å². The number of carbonyl (C=O) groups is 1. The summed E-state index contributed by atoms with van der Waals surface area (Å²) in [6, 6.07) is 9.57. The molecule has 86 valence electrons. The molecular formula is C15H15NO. The Kier molecular flexibility index (Phi) is 5.41. The predicted molar refractivity (Wildman–Crippen MR) is 69.0 cm³/mol. The molecule has 0 saturated heterocycles. The van der Waals surface area contributed by atoms with Crippen LogP contribution in [0.1, 0.15) is 19.4 Å². The Balaban J connectivity index is 2.63. The summed E-state index contributed by atoms with van der Waals surface area (Å²) in [5, 5.41) is 0. The van der Waals surface area contributed by atoms with E-state index < -0.39 is 0 Å². The Hall–Kier alpha value is -2.19. The zero-order valence-corrected chi connectivity index (χ0v) is 10.2. The number of carbonyl (C=O) groups excluding carboxylic acids is 1. The molecule has 1 aromatic carbocycles. The van der Waals surface area contributed by atoms with Gasteiger partial charge < -0.3 is 4.90 Å². The van der Waals surface area contributed by atoms with Gasteiger partial charge in [0.25, 0.3) is 5.91 Å². The smallest absolute Gasteiger partial charge is 0.299 e. The lowest BCUT2D eigenvalue weighted by atomic mass is 10.2. The highest BCUT2D eigenvalue weighted by Crippen LogP contribution is 1.94. The number of amides is 1. The zero-order valence-electron chi connectivity index (χ0n) is 10.2. The summed E-state index contributed by atoms with van der Waals surface area (Å²) in [5.41, 5.74) is 0.900. The highest BCUT2D eigenvalue weighted by Gasteiger charge is 2.03. The minimum absolute atomic E-state index is 0.169. The molecule has 0 aliphatic carbocycles. The fraction of sp³-hybridized carbons (Fsp3) is 0.267. The number of hydrogen-bond acceptors (Lipinski definition) is 1. The number of hydrogen-bond donors (Lipinski definition) is 0. The third-order valence-electron chi connectivity index (χ3n) is 2.26. The summed E-state index contributed by atoms with van der Waals surface area (Å²) in [7, 11) is 0. The molecule has 0 N–H and O–H groups in total. The van der Waals surface area contributed by atoms with Gasteiger partial charge in [0.05, 0.1) is 0 Å². The van der Waals surface area contributed by atoms with Gasteiger partial charge in [0.2, 0.25) is 0 Å². The minimum atomic E-state index is -0.169.